The van der Waals surface area contributed by atoms with Crippen molar-refractivity contribution < 1.29 is 28.4 Å². The zero-order valence-electron chi connectivity index (χ0n) is 17.0. The SMILES string of the molecule is C=CCC1=C(C)OC=CO1.C=CCC1=C(C)OC=CO1.C=CCC1=COC=CO1. The summed E-state index contributed by atoms with van der Waals surface area (Å²) in [5.41, 5.74) is 0. The summed E-state index contributed by atoms with van der Waals surface area (Å²) < 4.78 is 30.2. The lowest BCUT2D eigenvalue weighted by Crippen LogP contribution is -1.96. The van der Waals surface area contributed by atoms with Gasteiger partial charge in [0.2, 0.25) is 0 Å². The molecule has 0 radical (unpaired) electrons. The second-order valence-electron chi connectivity index (χ2n) is 5.56. The number of allylic oxidation sites excluding steroid dienone is 5. The van der Waals surface area contributed by atoms with Gasteiger partial charge in [-0.3, -0.25) is 0 Å². The predicted molar refractivity (Wildman–Crippen MR) is 112 cm³/mol. The maximum atomic E-state index is 5.13. The predicted octanol–water partition coefficient (Wildman–Crippen LogP) is 6.55. The first kappa shape index (κ1) is 23.5. The topological polar surface area (TPSA) is 55.4 Å². The second-order valence-corrected chi connectivity index (χ2v) is 5.56. The van der Waals surface area contributed by atoms with Crippen LogP contribution in [0, 0.1) is 0 Å². The van der Waals surface area contributed by atoms with E-state index in [0.717, 1.165) is 41.6 Å². The van der Waals surface area contributed by atoms with Gasteiger partial charge < -0.3 is 28.4 Å². The largest absolute Gasteiger partial charge is 0.466 e. The molecule has 3 aliphatic heterocycles. The Morgan fingerprint density at radius 1 is 0.621 bits per heavy atom. The van der Waals surface area contributed by atoms with Gasteiger partial charge in [-0.25, -0.2) is 0 Å². The number of ether oxygens (including phenoxy) is 6. The lowest BCUT2D eigenvalue weighted by Gasteiger charge is -2.12. The first-order valence-electron chi connectivity index (χ1n) is 8.97. The fourth-order valence-electron chi connectivity index (χ4n) is 1.95. The van der Waals surface area contributed by atoms with Crippen molar-refractivity contribution in [3.63, 3.8) is 0 Å². The van der Waals surface area contributed by atoms with Crippen LogP contribution in [-0.2, 0) is 28.4 Å². The molecule has 0 atom stereocenters. The Morgan fingerprint density at radius 2 is 1.07 bits per heavy atom. The molecule has 156 valence electrons. The molecule has 0 spiro atoms. The third kappa shape index (κ3) is 9.81. The summed E-state index contributed by atoms with van der Waals surface area (Å²) in [6.07, 6.45) is 18.1. The molecule has 0 aromatic carbocycles. The van der Waals surface area contributed by atoms with Crippen LogP contribution in [0.4, 0.5) is 0 Å². The third-order valence-corrected chi connectivity index (χ3v) is 3.36. The fourth-order valence-corrected chi connectivity index (χ4v) is 1.95. The van der Waals surface area contributed by atoms with E-state index >= 15 is 0 Å². The Hall–Kier alpha value is -3.54. The highest BCUT2D eigenvalue weighted by Crippen LogP contribution is 2.17. The van der Waals surface area contributed by atoms with Crippen molar-refractivity contribution in [3.05, 3.63) is 111 Å². The molecule has 6 nitrogen and oxygen atoms in total. The van der Waals surface area contributed by atoms with Crippen molar-refractivity contribution in [1.82, 2.24) is 0 Å². The molecule has 0 aliphatic carbocycles. The Balaban J connectivity index is 0.000000218. The summed E-state index contributed by atoms with van der Waals surface area (Å²) in [6.45, 7) is 14.5. The van der Waals surface area contributed by atoms with Crippen molar-refractivity contribution >= 4 is 0 Å². The molecule has 0 unspecified atom stereocenters. The van der Waals surface area contributed by atoms with Crippen LogP contribution in [0.15, 0.2) is 111 Å². The average molecular weight is 400 g/mol. The molecule has 29 heavy (non-hydrogen) atoms. The van der Waals surface area contributed by atoms with Crippen molar-refractivity contribution in [2.75, 3.05) is 0 Å². The normalized spacial score (nSPS) is 15.9. The van der Waals surface area contributed by atoms with E-state index < -0.39 is 0 Å². The molecule has 0 saturated carbocycles. The van der Waals surface area contributed by atoms with Crippen LogP contribution in [0.5, 0.6) is 0 Å². The molecule has 3 aliphatic rings. The quantitative estimate of drug-likeness (QED) is 0.472. The molecule has 6 heteroatoms. The minimum absolute atomic E-state index is 0.713. The zero-order valence-corrected chi connectivity index (χ0v) is 17.0. The van der Waals surface area contributed by atoms with Crippen LogP contribution < -0.4 is 0 Å². The van der Waals surface area contributed by atoms with Crippen LogP contribution in [0.2, 0.25) is 0 Å². The Labute approximate surface area is 172 Å². The molecule has 0 saturated heterocycles. The van der Waals surface area contributed by atoms with E-state index in [1.54, 1.807) is 24.5 Å². The summed E-state index contributed by atoms with van der Waals surface area (Å²) >= 11 is 0. The minimum atomic E-state index is 0.713. The van der Waals surface area contributed by atoms with E-state index in [9.17, 15) is 0 Å². The molecule has 0 fully saturated rings. The van der Waals surface area contributed by atoms with Crippen LogP contribution in [-0.4, -0.2) is 0 Å². The van der Waals surface area contributed by atoms with E-state index in [0.29, 0.717) is 6.42 Å². The summed E-state index contributed by atoms with van der Waals surface area (Å²) in [6, 6.07) is 0. The van der Waals surface area contributed by atoms with Gasteiger partial charge in [0.1, 0.15) is 72.6 Å². The standard InChI is InChI=1S/2C8H10O2.C7H8O2/c2*1-3-4-8-7(2)9-5-6-10-8;1-2-3-7-6-8-4-5-9-7/h2*3,5-6H,1,4H2,2H3;2,4-6H,1,3H2. The maximum Gasteiger partial charge on any atom is 0.145 e. The Bertz CT molecular complexity index is 678. The van der Waals surface area contributed by atoms with E-state index in [1.165, 1.54) is 37.6 Å². The third-order valence-electron chi connectivity index (χ3n) is 3.36. The Morgan fingerprint density at radius 3 is 1.45 bits per heavy atom. The van der Waals surface area contributed by atoms with Gasteiger partial charge in [0, 0.05) is 19.3 Å². The monoisotopic (exact) mass is 400 g/mol. The Kier molecular flexibility index (Phi) is 11.8. The van der Waals surface area contributed by atoms with Crippen LogP contribution >= 0.6 is 0 Å². The number of hydrogen-bond acceptors (Lipinski definition) is 6. The molecule has 3 rings (SSSR count). The van der Waals surface area contributed by atoms with E-state index in [1.807, 2.05) is 13.8 Å². The highest BCUT2D eigenvalue weighted by molar-refractivity contribution is 5.08. The summed E-state index contributed by atoms with van der Waals surface area (Å²) in [4.78, 5) is 0. The van der Waals surface area contributed by atoms with Crippen LogP contribution in [0.25, 0.3) is 0 Å². The molecular formula is C23H28O6. The molecule has 0 aromatic rings. The lowest BCUT2D eigenvalue weighted by atomic mass is 10.3. The minimum Gasteiger partial charge on any atom is -0.466 e. The highest BCUT2D eigenvalue weighted by atomic mass is 16.5. The molecular weight excluding hydrogens is 372 g/mol. The van der Waals surface area contributed by atoms with Gasteiger partial charge in [0.25, 0.3) is 0 Å². The molecule has 0 bridgehead atoms. The van der Waals surface area contributed by atoms with Gasteiger partial charge in [0.15, 0.2) is 0 Å². The smallest absolute Gasteiger partial charge is 0.145 e. The van der Waals surface area contributed by atoms with Gasteiger partial charge in [0.05, 0.1) is 0 Å². The summed E-state index contributed by atoms with van der Waals surface area (Å²) in [5.74, 6) is 4.06. The van der Waals surface area contributed by atoms with E-state index in [2.05, 4.69) is 19.7 Å². The maximum absolute atomic E-state index is 5.13. The summed E-state index contributed by atoms with van der Waals surface area (Å²) in [7, 11) is 0. The van der Waals surface area contributed by atoms with Crippen molar-refractivity contribution in [3.8, 4) is 0 Å². The number of rotatable bonds is 6. The van der Waals surface area contributed by atoms with E-state index in [4.69, 9.17) is 28.4 Å². The average Bonchev–Trinajstić information content (AvgIpc) is 2.74. The fraction of sp³-hybridized carbons (Fsp3) is 0.217. The first-order chi connectivity index (χ1) is 14.1. The van der Waals surface area contributed by atoms with Crippen molar-refractivity contribution in [2.24, 2.45) is 0 Å². The van der Waals surface area contributed by atoms with Crippen molar-refractivity contribution in [1.29, 1.82) is 0 Å². The van der Waals surface area contributed by atoms with Gasteiger partial charge in [-0.1, -0.05) is 18.2 Å². The van der Waals surface area contributed by atoms with E-state index in [-0.39, 0.29) is 0 Å². The number of hydrogen-bond donors (Lipinski definition) is 0. The summed E-state index contributed by atoms with van der Waals surface area (Å²) in [5, 5.41) is 0. The second kappa shape index (κ2) is 14.5. The molecule has 3 heterocycles. The highest BCUT2D eigenvalue weighted by Gasteiger charge is 2.05. The van der Waals surface area contributed by atoms with Crippen molar-refractivity contribution in [2.45, 2.75) is 33.1 Å². The zero-order chi connectivity index (χ0) is 21.3. The van der Waals surface area contributed by atoms with Gasteiger partial charge >= 0.3 is 0 Å². The molecule has 0 N–H and O–H groups in total. The first-order valence-corrected chi connectivity index (χ1v) is 8.97. The lowest BCUT2D eigenvalue weighted by molar-refractivity contribution is 0.224. The molecule has 0 aromatic heterocycles. The molecule has 0 amide bonds. The van der Waals surface area contributed by atoms with Crippen LogP contribution in [0.1, 0.15) is 33.1 Å². The van der Waals surface area contributed by atoms with Crippen LogP contribution in [0.3, 0.4) is 0 Å². The van der Waals surface area contributed by atoms with Gasteiger partial charge in [-0.2, -0.15) is 0 Å². The van der Waals surface area contributed by atoms with Gasteiger partial charge in [-0.15, -0.1) is 19.7 Å². The van der Waals surface area contributed by atoms with Gasteiger partial charge in [-0.05, 0) is 13.8 Å².